The zero-order valence-electron chi connectivity index (χ0n) is 19.8. The van der Waals surface area contributed by atoms with E-state index < -0.39 is 12.3 Å². The molecule has 0 unspecified atom stereocenters. The first-order valence-corrected chi connectivity index (χ1v) is 12.3. The Morgan fingerprint density at radius 1 is 1.19 bits per heavy atom. The summed E-state index contributed by atoms with van der Waals surface area (Å²) in [6.07, 6.45) is -1.89. The maximum absolute atomic E-state index is 13.1. The van der Waals surface area contributed by atoms with E-state index in [0.717, 1.165) is 53.4 Å². The van der Waals surface area contributed by atoms with E-state index >= 15 is 0 Å². The van der Waals surface area contributed by atoms with Gasteiger partial charge in [-0.2, -0.15) is 0 Å². The molecule has 0 saturated carbocycles. The normalized spacial score (nSPS) is 15.9. The van der Waals surface area contributed by atoms with Gasteiger partial charge < -0.3 is 25.6 Å². The van der Waals surface area contributed by atoms with Gasteiger partial charge in [0.2, 0.25) is 5.95 Å². The molecule has 1 aromatic carbocycles. The molecule has 0 radical (unpaired) electrons. The van der Waals surface area contributed by atoms with Crippen molar-refractivity contribution in [2.45, 2.75) is 26.1 Å². The Morgan fingerprint density at radius 2 is 1.94 bits per heavy atom. The Hall–Kier alpha value is -3.38. The minimum atomic E-state index is -4.85. The number of alkyl halides is 3. The highest BCUT2D eigenvalue weighted by molar-refractivity contribution is 7.14. The van der Waals surface area contributed by atoms with Crippen LogP contribution in [0.5, 0.6) is 5.75 Å². The van der Waals surface area contributed by atoms with Gasteiger partial charge in [0.1, 0.15) is 0 Å². The van der Waals surface area contributed by atoms with Gasteiger partial charge in [0.15, 0.2) is 5.75 Å². The molecule has 1 aliphatic carbocycles. The van der Waals surface area contributed by atoms with E-state index in [-0.39, 0.29) is 17.4 Å². The molecule has 2 aliphatic rings. The molecule has 1 saturated heterocycles. The van der Waals surface area contributed by atoms with Gasteiger partial charge in [-0.3, -0.25) is 4.79 Å². The van der Waals surface area contributed by atoms with Gasteiger partial charge in [0, 0.05) is 48.5 Å². The number of anilines is 3. The summed E-state index contributed by atoms with van der Waals surface area (Å²) in [6, 6.07) is 4.56. The number of amides is 1. The molecule has 1 amide bonds. The molecule has 2 aromatic heterocycles. The second-order valence-corrected chi connectivity index (χ2v) is 10.1. The predicted molar refractivity (Wildman–Crippen MR) is 132 cm³/mol. The summed E-state index contributed by atoms with van der Waals surface area (Å²) in [4.78, 5) is 26.6. The molecular formula is C24H25F3N6O2S. The molecule has 3 aromatic rings. The number of likely N-dealkylation sites (N-methyl/N-ethyl adjacent to an activating group) is 1. The number of ether oxygens (including phenoxy) is 1. The summed E-state index contributed by atoms with van der Waals surface area (Å²) in [5.74, 6) is -0.713. The number of rotatable bonds is 5. The fourth-order valence-corrected chi connectivity index (χ4v) is 5.73. The summed E-state index contributed by atoms with van der Waals surface area (Å²) >= 11 is 1.33. The number of nitrogens with zero attached hydrogens (tertiary/aromatic N) is 4. The van der Waals surface area contributed by atoms with E-state index in [4.69, 9.17) is 5.73 Å². The van der Waals surface area contributed by atoms with Crippen molar-refractivity contribution in [3.63, 3.8) is 0 Å². The van der Waals surface area contributed by atoms with E-state index in [9.17, 15) is 18.0 Å². The van der Waals surface area contributed by atoms with Gasteiger partial charge >= 0.3 is 6.36 Å². The summed E-state index contributed by atoms with van der Waals surface area (Å²) in [5.41, 5.74) is 9.72. The number of hydrogen-bond donors (Lipinski definition) is 2. The van der Waals surface area contributed by atoms with Crippen LogP contribution in [0.2, 0.25) is 0 Å². The van der Waals surface area contributed by atoms with Gasteiger partial charge in [-0.15, -0.1) is 24.5 Å². The number of fused-ring (bicyclic) bond motifs is 3. The summed E-state index contributed by atoms with van der Waals surface area (Å²) in [5, 5.41) is 2.94. The lowest BCUT2D eigenvalue weighted by Gasteiger charge is -2.34. The Labute approximate surface area is 209 Å². The molecule has 190 valence electrons. The molecule has 0 spiro atoms. The molecule has 3 N–H and O–H groups in total. The first kappa shape index (κ1) is 24.3. The average molecular weight is 519 g/mol. The Kier molecular flexibility index (Phi) is 6.25. The number of aromatic nitrogens is 2. The van der Waals surface area contributed by atoms with Crippen molar-refractivity contribution in [1.82, 2.24) is 14.9 Å². The van der Waals surface area contributed by atoms with Crippen molar-refractivity contribution in [3.8, 4) is 17.0 Å². The fraction of sp³-hybridized carbons (Fsp3) is 0.375. The van der Waals surface area contributed by atoms with Crippen LogP contribution in [0.25, 0.3) is 11.3 Å². The molecule has 0 bridgehead atoms. The number of primary amides is 1. The zero-order chi connectivity index (χ0) is 25.6. The first-order chi connectivity index (χ1) is 17.1. The van der Waals surface area contributed by atoms with Gasteiger partial charge in [-0.05, 0) is 56.1 Å². The SMILES string of the molecule is Cc1sc(C(N)=O)c2c1-c1nc(Nc3cc(N4CCN(C)CC4)ccc3OC(F)(F)F)ncc1CC2. The molecule has 0 atom stereocenters. The third-order valence-corrected chi connectivity index (χ3v) is 7.62. The molecule has 36 heavy (non-hydrogen) atoms. The number of nitrogens with two attached hydrogens (primary N) is 1. The highest BCUT2D eigenvalue weighted by Gasteiger charge is 2.33. The van der Waals surface area contributed by atoms with Crippen LogP contribution in [0.1, 0.15) is 25.7 Å². The number of nitrogens with one attached hydrogen (secondary N) is 1. The molecule has 1 fully saturated rings. The molecular weight excluding hydrogens is 493 g/mol. The van der Waals surface area contributed by atoms with Gasteiger partial charge in [-0.25, -0.2) is 9.97 Å². The largest absolute Gasteiger partial charge is 0.573 e. The summed E-state index contributed by atoms with van der Waals surface area (Å²) in [7, 11) is 2.03. The first-order valence-electron chi connectivity index (χ1n) is 11.5. The number of aryl methyl sites for hydroxylation is 2. The van der Waals surface area contributed by atoms with Crippen molar-refractivity contribution in [2.75, 3.05) is 43.4 Å². The van der Waals surface area contributed by atoms with Crippen molar-refractivity contribution >= 4 is 34.6 Å². The number of carbonyl (C=O) groups is 1. The van der Waals surface area contributed by atoms with Crippen LogP contribution in [-0.2, 0) is 12.8 Å². The van der Waals surface area contributed by atoms with Crippen LogP contribution in [0.15, 0.2) is 24.4 Å². The summed E-state index contributed by atoms with van der Waals surface area (Å²) in [6.45, 7) is 5.12. The lowest BCUT2D eigenvalue weighted by Crippen LogP contribution is -2.44. The second kappa shape index (κ2) is 9.25. The third kappa shape index (κ3) is 4.82. The number of benzene rings is 1. The van der Waals surface area contributed by atoms with E-state index in [2.05, 4.69) is 29.8 Å². The molecule has 5 rings (SSSR count). The Balaban J connectivity index is 1.51. The number of thiophene rings is 1. The highest BCUT2D eigenvalue weighted by atomic mass is 32.1. The third-order valence-electron chi connectivity index (χ3n) is 6.46. The molecule has 1 aliphatic heterocycles. The average Bonchev–Trinajstić information content (AvgIpc) is 3.17. The lowest BCUT2D eigenvalue weighted by molar-refractivity contribution is -0.274. The van der Waals surface area contributed by atoms with Crippen LogP contribution in [-0.4, -0.2) is 60.4 Å². The minimum absolute atomic E-state index is 0.111. The van der Waals surface area contributed by atoms with Gasteiger partial charge in [-0.1, -0.05) is 0 Å². The predicted octanol–water partition coefficient (Wildman–Crippen LogP) is 4.11. The summed E-state index contributed by atoms with van der Waals surface area (Å²) < 4.78 is 43.7. The van der Waals surface area contributed by atoms with Crippen LogP contribution in [0, 0.1) is 6.92 Å². The van der Waals surface area contributed by atoms with Crippen LogP contribution in [0.3, 0.4) is 0 Å². The Bertz CT molecular complexity index is 1320. The zero-order valence-corrected chi connectivity index (χ0v) is 20.6. The lowest BCUT2D eigenvalue weighted by atomic mass is 9.90. The second-order valence-electron chi connectivity index (χ2n) is 8.92. The van der Waals surface area contributed by atoms with Crippen LogP contribution < -0.4 is 20.7 Å². The van der Waals surface area contributed by atoms with Crippen molar-refractivity contribution in [1.29, 1.82) is 0 Å². The van der Waals surface area contributed by atoms with Gasteiger partial charge in [0.25, 0.3) is 5.91 Å². The van der Waals surface area contributed by atoms with Crippen LogP contribution >= 0.6 is 11.3 Å². The van der Waals surface area contributed by atoms with Crippen molar-refractivity contribution in [2.24, 2.45) is 5.73 Å². The van der Waals surface area contributed by atoms with Crippen molar-refractivity contribution < 1.29 is 22.7 Å². The topological polar surface area (TPSA) is 96.6 Å². The smallest absolute Gasteiger partial charge is 0.404 e. The Morgan fingerprint density at radius 3 is 2.64 bits per heavy atom. The van der Waals surface area contributed by atoms with E-state index in [1.165, 1.54) is 17.4 Å². The standard InChI is InChI=1S/C24H25F3N6O2S/c1-13-19-16(21(36-13)22(28)34)5-3-14-12-29-23(31-20(14)19)30-17-11-15(33-9-7-32(2)8-10-33)4-6-18(17)35-24(25,26)27/h4,6,11-12H,3,5,7-10H2,1-2H3,(H2,28,34)(H,29,30,31). The molecule has 8 nitrogen and oxygen atoms in total. The monoisotopic (exact) mass is 518 g/mol. The molecule has 3 heterocycles. The fourth-order valence-electron chi connectivity index (χ4n) is 4.68. The number of piperazine rings is 1. The maximum Gasteiger partial charge on any atom is 0.573 e. The number of carbonyl (C=O) groups excluding carboxylic acids is 1. The number of halogens is 3. The molecule has 12 heteroatoms. The van der Waals surface area contributed by atoms with Gasteiger partial charge in [0.05, 0.1) is 16.3 Å². The van der Waals surface area contributed by atoms with Crippen LogP contribution in [0.4, 0.5) is 30.5 Å². The quantitative estimate of drug-likeness (QED) is 0.525. The van der Waals surface area contributed by atoms with E-state index in [1.54, 1.807) is 18.3 Å². The minimum Gasteiger partial charge on any atom is -0.404 e. The van der Waals surface area contributed by atoms with Crippen molar-refractivity contribution in [3.05, 3.63) is 45.3 Å². The van der Waals surface area contributed by atoms with E-state index in [1.807, 2.05) is 14.0 Å². The number of hydrogen-bond acceptors (Lipinski definition) is 8. The van der Waals surface area contributed by atoms with E-state index in [0.29, 0.717) is 23.4 Å². The maximum atomic E-state index is 13.1. The highest BCUT2D eigenvalue weighted by Crippen LogP contribution is 2.42.